The molecule has 0 aliphatic rings. The van der Waals surface area contributed by atoms with E-state index >= 15 is 0 Å². The molecule has 56 heavy (non-hydrogen) atoms. The second-order valence-corrected chi connectivity index (χ2v) is 15.4. The molecule has 10 nitrogen and oxygen atoms in total. The maximum atomic E-state index is 12.0. The third kappa shape index (κ3) is 52.2. The predicted octanol–water partition coefficient (Wildman–Crippen LogP) is 10.1. The van der Waals surface area contributed by atoms with E-state index in [2.05, 4.69) is 13.8 Å². The van der Waals surface area contributed by atoms with Crippen molar-refractivity contribution in [2.75, 3.05) is 46.2 Å². The van der Waals surface area contributed by atoms with Crippen LogP contribution in [0.4, 0.5) is 0 Å². The van der Waals surface area contributed by atoms with Crippen LogP contribution in [0.25, 0.3) is 0 Å². The van der Waals surface area contributed by atoms with E-state index in [1.807, 2.05) is 27.7 Å². The van der Waals surface area contributed by atoms with Gasteiger partial charge in [0.2, 0.25) is 0 Å². The second-order valence-electron chi connectivity index (χ2n) is 15.4. The molecule has 0 aliphatic carbocycles. The van der Waals surface area contributed by atoms with Crippen LogP contribution in [0.15, 0.2) is 0 Å². The van der Waals surface area contributed by atoms with E-state index in [-0.39, 0.29) is 65.0 Å². The Kier molecular flexibility index (Phi) is 53.6. The minimum Gasteiger partial charge on any atom is -0.462 e. The maximum Gasteiger partial charge on any atom is 0.306 e. The van der Waals surface area contributed by atoms with E-state index in [1.54, 1.807) is 6.92 Å². The maximum absolute atomic E-state index is 12.0. The Morgan fingerprint density at radius 3 is 1.30 bits per heavy atom. The summed E-state index contributed by atoms with van der Waals surface area (Å²) in [5, 5.41) is 9.46. The highest BCUT2D eigenvalue weighted by Crippen LogP contribution is 2.14. The zero-order chi connectivity index (χ0) is 41.8. The van der Waals surface area contributed by atoms with Gasteiger partial charge in [-0.1, -0.05) is 170 Å². The van der Waals surface area contributed by atoms with Crippen LogP contribution in [0.1, 0.15) is 204 Å². The van der Waals surface area contributed by atoms with Crippen LogP contribution >= 0.6 is 0 Å². The number of unbranched alkanes of at least 4 members (excludes halogenated alkanes) is 20. The molecule has 3 radical (unpaired) electrons. The SMILES string of the molecule is CC(=O)C(C)C.CC(C)C(=O)COCCOCCN.CCCCCCCCCCCCCC(=O)OCC(CO)OC(=O)CCCCCCCCCCCCC.[B].[HH]. The third-order valence-electron chi connectivity index (χ3n) is 9.24. The molecule has 0 aromatic rings. The van der Waals surface area contributed by atoms with Gasteiger partial charge in [-0.15, -0.1) is 0 Å². The summed E-state index contributed by atoms with van der Waals surface area (Å²) in [5.74, 6) is 0.0564. The monoisotopic (exact) mass is 801 g/mol. The van der Waals surface area contributed by atoms with Gasteiger partial charge in [-0.05, 0) is 19.8 Å². The van der Waals surface area contributed by atoms with Gasteiger partial charge in [0.25, 0.3) is 0 Å². The average molecular weight is 801 g/mol. The van der Waals surface area contributed by atoms with Crippen molar-refractivity contribution in [2.45, 2.75) is 209 Å². The number of hydrogen-bond acceptors (Lipinski definition) is 10. The first-order chi connectivity index (χ1) is 26.5. The van der Waals surface area contributed by atoms with Crippen molar-refractivity contribution in [3.05, 3.63) is 0 Å². The number of nitrogens with two attached hydrogens (primary N) is 1. The zero-order valence-electron chi connectivity index (χ0n) is 37.5. The van der Waals surface area contributed by atoms with Gasteiger partial charge >= 0.3 is 11.9 Å². The fourth-order valence-corrected chi connectivity index (χ4v) is 5.14. The van der Waals surface area contributed by atoms with Gasteiger partial charge in [-0.3, -0.25) is 19.2 Å². The Morgan fingerprint density at radius 1 is 0.571 bits per heavy atom. The topological polar surface area (TPSA) is 151 Å². The molecule has 0 rings (SSSR count). The summed E-state index contributed by atoms with van der Waals surface area (Å²) in [6.45, 7) is 15.4. The van der Waals surface area contributed by atoms with Gasteiger partial charge in [0, 0.05) is 41.1 Å². The molecule has 0 fully saturated rings. The number of hydrogen-bond donors (Lipinski definition) is 2. The first-order valence-corrected chi connectivity index (χ1v) is 22.3. The Labute approximate surface area is 348 Å². The molecule has 0 aromatic heterocycles. The van der Waals surface area contributed by atoms with Crippen LogP contribution in [0.5, 0.6) is 0 Å². The molecular weight excluding hydrogens is 709 g/mol. The molecule has 0 amide bonds. The number of ketones is 2. The fourth-order valence-electron chi connectivity index (χ4n) is 5.14. The number of aliphatic hydroxyl groups is 1. The van der Waals surface area contributed by atoms with E-state index in [0.29, 0.717) is 39.2 Å². The van der Waals surface area contributed by atoms with Crippen LogP contribution < -0.4 is 5.73 Å². The summed E-state index contributed by atoms with van der Waals surface area (Å²) < 4.78 is 20.7. The van der Waals surface area contributed by atoms with Crippen LogP contribution in [-0.4, -0.2) is 89.3 Å². The van der Waals surface area contributed by atoms with Crippen LogP contribution in [0.3, 0.4) is 0 Å². The van der Waals surface area contributed by atoms with E-state index in [4.69, 9.17) is 24.7 Å². The highest BCUT2D eigenvalue weighted by Gasteiger charge is 2.16. The van der Waals surface area contributed by atoms with E-state index in [1.165, 1.54) is 103 Å². The van der Waals surface area contributed by atoms with Crippen LogP contribution in [0, 0.1) is 11.8 Å². The van der Waals surface area contributed by atoms with Gasteiger partial charge in [-0.2, -0.15) is 0 Å². The lowest BCUT2D eigenvalue weighted by molar-refractivity contribution is -0.161. The summed E-state index contributed by atoms with van der Waals surface area (Å²) >= 11 is 0. The molecule has 0 saturated carbocycles. The van der Waals surface area contributed by atoms with Crippen molar-refractivity contribution in [3.8, 4) is 0 Å². The molecule has 1 unspecified atom stereocenters. The number of rotatable bonds is 37. The first-order valence-electron chi connectivity index (χ1n) is 22.3. The fraction of sp³-hybridized carbons (Fsp3) is 0.911. The Bertz CT molecular complexity index is 865. The second kappa shape index (κ2) is 49.3. The molecule has 11 heteroatoms. The highest BCUT2D eigenvalue weighted by atomic mass is 16.6. The number of carbonyl (C=O) groups is 4. The van der Waals surface area contributed by atoms with E-state index in [9.17, 15) is 24.3 Å². The average Bonchev–Trinajstić information content (AvgIpc) is 3.16. The van der Waals surface area contributed by atoms with Crippen molar-refractivity contribution < 1.29 is 44.7 Å². The number of aliphatic hydroxyl groups excluding tert-OH is 1. The number of esters is 2. The lowest BCUT2D eigenvalue weighted by atomic mass is 10.1. The van der Waals surface area contributed by atoms with Gasteiger partial charge in [0.1, 0.15) is 19.0 Å². The normalized spacial score (nSPS) is 11.2. The van der Waals surface area contributed by atoms with Crippen molar-refractivity contribution in [2.24, 2.45) is 17.6 Å². The Morgan fingerprint density at radius 2 is 0.946 bits per heavy atom. The number of ether oxygens (including phenoxy) is 4. The molecule has 0 bridgehead atoms. The molecule has 0 aromatic carbocycles. The lowest BCUT2D eigenvalue weighted by Gasteiger charge is -2.15. The molecule has 333 valence electrons. The standard InChI is InChI=1S/C31H60O5.C9H19NO3.C5H10O.B.H2/c1-3-5-7-9-11-13-15-17-19-21-23-25-30(33)35-28-29(27-32)36-31(34)26-24-22-20-18-16-14-12-10-8-6-4-2;1-8(2)9(11)7-13-6-5-12-4-3-10;1-4(2)5(3)6;;/h29,32H,3-28H2,1-2H3;8H,3-7,10H2,1-2H3;4H,1-3H3;;1H. The summed E-state index contributed by atoms with van der Waals surface area (Å²) in [4.78, 5) is 45.2. The molecular formula is C45H91BNO9. The quantitative estimate of drug-likeness (QED) is 0.0353. The minimum atomic E-state index is -0.758. The van der Waals surface area contributed by atoms with Crippen molar-refractivity contribution >= 4 is 31.9 Å². The Hall–Kier alpha value is -1.82. The molecule has 1 atom stereocenters. The van der Waals surface area contributed by atoms with E-state index < -0.39 is 6.10 Å². The smallest absolute Gasteiger partial charge is 0.306 e. The zero-order valence-corrected chi connectivity index (χ0v) is 37.5. The molecule has 0 aliphatic heterocycles. The third-order valence-corrected chi connectivity index (χ3v) is 9.24. The van der Waals surface area contributed by atoms with Gasteiger partial charge in [-0.25, -0.2) is 0 Å². The van der Waals surface area contributed by atoms with Crippen molar-refractivity contribution in [3.63, 3.8) is 0 Å². The highest BCUT2D eigenvalue weighted by molar-refractivity contribution is 5.81. The van der Waals surface area contributed by atoms with E-state index in [0.717, 1.165) is 38.5 Å². The summed E-state index contributed by atoms with van der Waals surface area (Å²) in [5.41, 5.74) is 5.21. The Balaban J connectivity index is -0.000000353. The largest absolute Gasteiger partial charge is 0.462 e. The van der Waals surface area contributed by atoms with Crippen molar-refractivity contribution in [1.29, 1.82) is 0 Å². The summed E-state index contributed by atoms with van der Waals surface area (Å²) in [6.07, 6.45) is 27.2. The number of Topliss-reactive ketones (excluding diaryl/α,β-unsaturated/α-hetero) is 2. The summed E-state index contributed by atoms with van der Waals surface area (Å²) in [7, 11) is 0. The summed E-state index contributed by atoms with van der Waals surface area (Å²) in [6, 6.07) is 0. The van der Waals surface area contributed by atoms with Gasteiger partial charge in [0.15, 0.2) is 11.9 Å². The molecule has 0 heterocycles. The van der Waals surface area contributed by atoms with Crippen LogP contribution in [-0.2, 0) is 38.1 Å². The minimum absolute atomic E-state index is 0. The molecule has 3 N–H and O–H groups in total. The molecule has 0 saturated heterocycles. The lowest BCUT2D eigenvalue weighted by Crippen LogP contribution is -2.28. The number of carbonyl (C=O) groups excluding carboxylic acids is 4. The predicted molar refractivity (Wildman–Crippen MR) is 234 cm³/mol. The molecule has 0 spiro atoms. The van der Waals surface area contributed by atoms with Gasteiger partial charge < -0.3 is 29.8 Å². The van der Waals surface area contributed by atoms with Crippen LogP contribution in [0.2, 0.25) is 0 Å². The first kappa shape index (κ1) is 60.9. The van der Waals surface area contributed by atoms with Crippen molar-refractivity contribution in [1.82, 2.24) is 0 Å². The van der Waals surface area contributed by atoms with Gasteiger partial charge in [0.05, 0.1) is 26.4 Å².